The molecule has 3 aromatic rings. The van der Waals surface area contributed by atoms with E-state index in [4.69, 9.17) is 16.3 Å². The van der Waals surface area contributed by atoms with Crippen molar-refractivity contribution in [1.29, 1.82) is 0 Å². The fourth-order valence-corrected chi connectivity index (χ4v) is 4.94. The first-order valence-electron chi connectivity index (χ1n) is 11.0. The Hall–Kier alpha value is -3.08. The Morgan fingerprint density at radius 2 is 1.94 bits per heavy atom. The van der Waals surface area contributed by atoms with Gasteiger partial charge in [-0.1, -0.05) is 11.6 Å². The van der Waals surface area contributed by atoms with Crippen LogP contribution in [0.5, 0.6) is 11.8 Å². The maximum Gasteiger partial charge on any atom is 0.322 e. The number of nitrogens with one attached hydrogen (secondary N) is 1. The van der Waals surface area contributed by atoms with Gasteiger partial charge in [-0.2, -0.15) is 4.98 Å². The highest BCUT2D eigenvalue weighted by molar-refractivity contribution is 6.30. The van der Waals surface area contributed by atoms with Crippen molar-refractivity contribution in [3.05, 3.63) is 47.1 Å². The molecule has 5 rings (SSSR count). The summed E-state index contributed by atoms with van der Waals surface area (Å²) in [6.45, 7) is 2.89. The molecule has 3 atom stereocenters. The summed E-state index contributed by atoms with van der Waals surface area (Å²) in [5.41, 5.74) is 0.918. The number of ether oxygens (including phenoxy) is 1. The number of hydrogen-bond acceptors (Lipinski definition) is 7. The highest BCUT2D eigenvalue weighted by Crippen LogP contribution is 2.40. The molecule has 8 nitrogen and oxygen atoms in total. The molecule has 0 amide bonds. The summed E-state index contributed by atoms with van der Waals surface area (Å²) in [6, 6.07) is 5.71. The summed E-state index contributed by atoms with van der Waals surface area (Å²) in [4.78, 5) is 15.2. The number of halogens is 4. The molecule has 0 unspecified atom stereocenters. The average molecular weight is 494 g/mol. The Morgan fingerprint density at radius 1 is 1.18 bits per heavy atom. The van der Waals surface area contributed by atoms with Crippen LogP contribution in [0.25, 0.3) is 0 Å². The molecular weight excluding hydrogens is 471 g/mol. The third-order valence-corrected chi connectivity index (χ3v) is 6.58. The molecule has 1 aliphatic heterocycles. The van der Waals surface area contributed by atoms with Crippen molar-refractivity contribution < 1.29 is 17.9 Å². The molecule has 1 saturated heterocycles. The lowest BCUT2D eigenvalue weighted by atomic mass is 9.92. The van der Waals surface area contributed by atoms with Gasteiger partial charge in [0.05, 0.1) is 5.02 Å². The molecule has 2 aliphatic rings. The van der Waals surface area contributed by atoms with Crippen molar-refractivity contribution in [3.63, 3.8) is 0 Å². The maximum atomic E-state index is 13.4. The first-order chi connectivity index (χ1) is 16.4. The van der Waals surface area contributed by atoms with E-state index in [-0.39, 0.29) is 28.8 Å². The van der Waals surface area contributed by atoms with E-state index in [0.717, 1.165) is 48.2 Å². The number of alkyl halides is 2. The Morgan fingerprint density at radius 3 is 2.62 bits per heavy atom. The van der Waals surface area contributed by atoms with Crippen molar-refractivity contribution in [2.75, 3.05) is 23.3 Å². The smallest absolute Gasteiger partial charge is 0.322 e. The van der Waals surface area contributed by atoms with Gasteiger partial charge >= 0.3 is 6.01 Å². The van der Waals surface area contributed by atoms with Crippen molar-refractivity contribution in [3.8, 4) is 11.8 Å². The molecule has 1 saturated carbocycles. The number of aryl methyl sites for hydroxylation is 1. The molecule has 3 heterocycles. The molecule has 2 aromatic heterocycles. The molecular formula is C22H23ClF3N7O. The minimum absolute atomic E-state index is 0.106. The third-order valence-electron chi connectivity index (χ3n) is 6.29. The summed E-state index contributed by atoms with van der Waals surface area (Å²) < 4.78 is 46.3. The van der Waals surface area contributed by atoms with Crippen LogP contribution < -0.4 is 15.0 Å². The normalized spacial score (nSPS) is 21.8. The van der Waals surface area contributed by atoms with E-state index >= 15 is 0 Å². The molecule has 12 heteroatoms. The van der Waals surface area contributed by atoms with Crippen LogP contribution in [0.3, 0.4) is 0 Å². The van der Waals surface area contributed by atoms with E-state index in [1.807, 2.05) is 13.0 Å². The lowest BCUT2D eigenvalue weighted by Crippen LogP contribution is -2.48. The Balaban J connectivity index is 1.33. The SMILES string of the molecule is Cc1cc(N2C[C@H]3CC[C@@H](C2)[C@H]3Nc2nc(Oc3ccc(F)c(Cl)c3)n(CC(F)F)n2)ncn1. The van der Waals surface area contributed by atoms with Gasteiger partial charge < -0.3 is 15.0 Å². The minimum Gasteiger partial charge on any atom is -0.424 e. The zero-order valence-electron chi connectivity index (χ0n) is 18.3. The van der Waals surface area contributed by atoms with Crippen molar-refractivity contribution in [2.24, 2.45) is 11.8 Å². The van der Waals surface area contributed by atoms with E-state index in [2.05, 4.69) is 30.3 Å². The number of fused-ring (bicyclic) bond motifs is 2. The lowest BCUT2D eigenvalue weighted by molar-refractivity contribution is 0.118. The van der Waals surface area contributed by atoms with Crippen LogP contribution >= 0.6 is 11.6 Å². The largest absolute Gasteiger partial charge is 0.424 e. The van der Waals surface area contributed by atoms with Gasteiger partial charge in [0.25, 0.3) is 6.43 Å². The summed E-state index contributed by atoms with van der Waals surface area (Å²) in [6.07, 6.45) is 1.01. The van der Waals surface area contributed by atoms with Gasteiger partial charge in [0.15, 0.2) is 0 Å². The second kappa shape index (κ2) is 9.28. The molecule has 1 aromatic carbocycles. The van der Waals surface area contributed by atoms with E-state index in [1.165, 1.54) is 12.1 Å². The summed E-state index contributed by atoms with van der Waals surface area (Å²) in [5.74, 6) is 1.36. The van der Waals surface area contributed by atoms with Crippen molar-refractivity contribution in [1.82, 2.24) is 24.7 Å². The fourth-order valence-electron chi connectivity index (χ4n) is 4.77. The first kappa shape index (κ1) is 22.7. The summed E-state index contributed by atoms with van der Waals surface area (Å²) in [7, 11) is 0. The second-order valence-electron chi connectivity index (χ2n) is 8.66. The second-order valence-corrected chi connectivity index (χ2v) is 9.07. The van der Waals surface area contributed by atoms with Gasteiger partial charge in [0, 0.05) is 37.0 Å². The van der Waals surface area contributed by atoms with Gasteiger partial charge in [-0.15, -0.1) is 5.10 Å². The molecule has 1 aliphatic carbocycles. The Kier molecular flexibility index (Phi) is 6.20. The van der Waals surface area contributed by atoms with E-state index in [9.17, 15) is 13.2 Å². The number of piperidine rings is 1. The predicted octanol–water partition coefficient (Wildman–Crippen LogP) is 4.55. The van der Waals surface area contributed by atoms with Crippen LogP contribution in [0.2, 0.25) is 5.02 Å². The molecule has 34 heavy (non-hydrogen) atoms. The topological polar surface area (TPSA) is 81.0 Å². The van der Waals surface area contributed by atoms with Gasteiger partial charge in [0.2, 0.25) is 5.95 Å². The zero-order chi connectivity index (χ0) is 23.8. The van der Waals surface area contributed by atoms with Crippen LogP contribution in [0.15, 0.2) is 30.6 Å². The van der Waals surface area contributed by atoms with Crippen molar-refractivity contribution >= 4 is 23.4 Å². The Labute approximate surface area is 199 Å². The predicted molar refractivity (Wildman–Crippen MR) is 120 cm³/mol. The Bertz CT molecular complexity index is 1160. The van der Waals surface area contributed by atoms with E-state index < -0.39 is 18.8 Å². The molecule has 2 bridgehead atoms. The highest BCUT2D eigenvalue weighted by atomic mass is 35.5. The van der Waals surface area contributed by atoms with Crippen LogP contribution in [0.1, 0.15) is 18.5 Å². The van der Waals surface area contributed by atoms with Crippen molar-refractivity contribution in [2.45, 2.75) is 38.8 Å². The van der Waals surface area contributed by atoms with Crippen LogP contribution in [-0.2, 0) is 6.54 Å². The van der Waals surface area contributed by atoms with Gasteiger partial charge in [-0.05, 0) is 43.7 Å². The van der Waals surface area contributed by atoms with Gasteiger partial charge in [0.1, 0.15) is 30.3 Å². The third kappa shape index (κ3) is 4.75. The molecule has 0 spiro atoms. The molecule has 0 radical (unpaired) electrons. The number of rotatable bonds is 7. The van der Waals surface area contributed by atoms with Crippen LogP contribution in [0, 0.1) is 24.6 Å². The quantitative estimate of drug-likeness (QED) is 0.517. The zero-order valence-corrected chi connectivity index (χ0v) is 19.1. The number of benzene rings is 1. The van der Waals surface area contributed by atoms with E-state index in [1.54, 1.807) is 6.33 Å². The summed E-state index contributed by atoms with van der Waals surface area (Å²) in [5, 5.41) is 7.43. The number of aromatic nitrogens is 5. The standard InChI is InChI=1S/C22H23ClF3N7O/c1-12-6-19(28-11-27-12)32-8-13-2-3-14(9-32)20(13)29-21-30-22(33(31-21)10-18(25)26)34-15-4-5-17(24)16(23)7-15/h4-7,11,13-14,18,20H,2-3,8-10H2,1H3,(H,29,31)/t13-,14+,20+. The number of hydrogen-bond donors (Lipinski definition) is 1. The molecule has 180 valence electrons. The number of nitrogens with zero attached hydrogens (tertiary/aromatic N) is 6. The number of anilines is 2. The molecule has 2 fully saturated rings. The van der Waals surface area contributed by atoms with E-state index in [0.29, 0.717) is 11.8 Å². The van der Waals surface area contributed by atoms with Crippen LogP contribution in [0.4, 0.5) is 24.9 Å². The fraction of sp³-hybridized carbons (Fsp3) is 0.455. The summed E-state index contributed by atoms with van der Waals surface area (Å²) >= 11 is 5.80. The first-order valence-corrected chi connectivity index (χ1v) is 11.4. The highest BCUT2D eigenvalue weighted by Gasteiger charge is 2.43. The minimum atomic E-state index is -2.65. The molecule has 1 N–H and O–H groups in total. The monoisotopic (exact) mass is 493 g/mol. The lowest BCUT2D eigenvalue weighted by Gasteiger charge is -2.38. The maximum absolute atomic E-state index is 13.4. The van der Waals surface area contributed by atoms with Gasteiger partial charge in [-0.3, -0.25) is 0 Å². The average Bonchev–Trinajstić information content (AvgIpc) is 3.24. The van der Waals surface area contributed by atoms with Crippen LogP contribution in [-0.4, -0.2) is 50.3 Å². The van der Waals surface area contributed by atoms with Gasteiger partial charge in [-0.25, -0.2) is 27.8 Å².